The summed E-state index contributed by atoms with van der Waals surface area (Å²) >= 11 is 0. The van der Waals surface area contributed by atoms with E-state index in [-0.39, 0.29) is 5.56 Å². The van der Waals surface area contributed by atoms with E-state index in [2.05, 4.69) is 9.97 Å². The van der Waals surface area contributed by atoms with Crippen LogP contribution >= 0.6 is 0 Å². The molecule has 2 aromatic rings. The van der Waals surface area contributed by atoms with Crippen LogP contribution in [0.5, 0.6) is 0 Å². The number of nitrogens with zero attached hydrogens (tertiary/aromatic N) is 2. The van der Waals surface area contributed by atoms with E-state index in [0.717, 1.165) is 18.7 Å². The average molecular weight is 275 g/mol. The van der Waals surface area contributed by atoms with Crippen molar-refractivity contribution >= 4 is 0 Å². The van der Waals surface area contributed by atoms with Gasteiger partial charge in [-0.05, 0) is 0 Å². The zero-order chi connectivity index (χ0) is 14.2. The molecule has 1 heterocycles. The molecule has 0 aliphatic heterocycles. The van der Waals surface area contributed by atoms with Gasteiger partial charge in [-0.25, -0.2) is 31.9 Å². The lowest BCUT2D eigenvalue weighted by atomic mass is 10.0. The summed E-state index contributed by atoms with van der Waals surface area (Å²) in [5, 5.41) is 0. The molecule has 0 bridgehead atoms. The second-order valence-corrected chi connectivity index (χ2v) is 3.63. The van der Waals surface area contributed by atoms with Crippen molar-refractivity contribution in [2.45, 2.75) is 6.04 Å². The van der Waals surface area contributed by atoms with Gasteiger partial charge in [-0.1, -0.05) is 0 Å². The monoisotopic (exact) mass is 275 g/mol. The molecule has 1 aromatic carbocycles. The fraction of sp³-hybridized carbons (Fsp3) is 0.0909. The lowest BCUT2D eigenvalue weighted by Gasteiger charge is -2.14. The Hall–Kier alpha value is -2.09. The topological polar surface area (TPSA) is 51.8 Å². The van der Waals surface area contributed by atoms with Crippen LogP contribution in [0.15, 0.2) is 18.7 Å². The highest BCUT2D eigenvalue weighted by Gasteiger charge is 2.29. The minimum Gasteiger partial charge on any atom is -0.320 e. The van der Waals surface area contributed by atoms with Gasteiger partial charge in [0.1, 0.15) is 6.33 Å². The van der Waals surface area contributed by atoms with E-state index in [1.165, 1.54) is 0 Å². The van der Waals surface area contributed by atoms with Crippen molar-refractivity contribution in [3.63, 3.8) is 0 Å². The van der Waals surface area contributed by atoms with Crippen LogP contribution in [0, 0.1) is 29.1 Å². The highest BCUT2D eigenvalue weighted by molar-refractivity contribution is 5.32. The third kappa shape index (κ3) is 2.14. The first kappa shape index (κ1) is 13.3. The summed E-state index contributed by atoms with van der Waals surface area (Å²) in [6, 6.07) is -1.56. The molecule has 0 fully saturated rings. The molecular formula is C11H6F5N3. The molecule has 0 radical (unpaired) electrons. The van der Waals surface area contributed by atoms with E-state index in [4.69, 9.17) is 5.73 Å². The number of rotatable bonds is 2. The molecule has 0 saturated heterocycles. The van der Waals surface area contributed by atoms with Gasteiger partial charge in [-0.3, -0.25) is 0 Å². The molecule has 1 atom stereocenters. The Bertz CT molecular complexity index is 588. The number of benzene rings is 1. The van der Waals surface area contributed by atoms with E-state index in [1.807, 2.05) is 0 Å². The predicted molar refractivity (Wildman–Crippen MR) is 54.3 cm³/mol. The molecule has 3 nitrogen and oxygen atoms in total. The van der Waals surface area contributed by atoms with Crippen molar-refractivity contribution in [3.05, 3.63) is 58.9 Å². The first-order valence-corrected chi connectivity index (χ1v) is 4.97. The van der Waals surface area contributed by atoms with E-state index in [1.54, 1.807) is 0 Å². The molecule has 0 spiro atoms. The summed E-state index contributed by atoms with van der Waals surface area (Å²) in [5.74, 6) is -10.2. The maximum Gasteiger partial charge on any atom is 0.200 e. The van der Waals surface area contributed by atoms with Gasteiger partial charge in [0, 0.05) is 18.0 Å². The van der Waals surface area contributed by atoms with Crippen LogP contribution in [-0.4, -0.2) is 9.97 Å². The van der Waals surface area contributed by atoms with Crippen LogP contribution < -0.4 is 5.73 Å². The van der Waals surface area contributed by atoms with E-state index < -0.39 is 40.7 Å². The SMILES string of the molecule is NC(c1cncnc1)c1c(F)c(F)c(F)c(F)c1F. The van der Waals surface area contributed by atoms with Gasteiger partial charge in [0.2, 0.25) is 5.82 Å². The Labute approximate surface area is 103 Å². The summed E-state index contributed by atoms with van der Waals surface area (Å²) in [7, 11) is 0. The standard InChI is InChI=1S/C11H6F5N3/c12-6-5(7(13)9(15)10(16)8(6)14)11(17)4-1-18-3-19-2-4/h1-3,11H,17H2. The summed E-state index contributed by atoms with van der Waals surface area (Å²) in [4.78, 5) is 7.11. The first-order valence-electron chi connectivity index (χ1n) is 4.97. The van der Waals surface area contributed by atoms with Crippen LogP contribution in [0.1, 0.15) is 17.2 Å². The number of nitrogens with two attached hydrogens (primary N) is 1. The third-order valence-corrected chi connectivity index (χ3v) is 2.49. The second kappa shape index (κ2) is 4.88. The minimum absolute atomic E-state index is 0.0192. The van der Waals surface area contributed by atoms with Gasteiger partial charge in [0.25, 0.3) is 0 Å². The number of hydrogen-bond donors (Lipinski definition) is 1. The molecule has 19 heavy (non-hydrogen) atoms. The highest BCUT2D eigenvalue weighted by atomic mass is 19.2. The molecule has 0 amide bonds. The van der Waals surface area contributed by atoms with Crippen LogP contribution in [0.2, 0.25) is 0 Å². The van der Waals surface area contributed by atoms with Crippen molar-refractivity contribution in [2.24, 2.45) is 5.73 Å². The fourth-order valence-corrected chi connectivity index (χ4v) is 1.53. The molecule has 100 valence electrons. The maximum atomic E-state index is 13.5. The zero-order valence-corrected chi connectivity index (χ0v) is 9.17. The Balaban J connectivity index is 2.64. The molecule has 2 N–H and O–H groups in total. The molecule has 8 heteroatoms. The number of halogens is 5. The van der Waals surface area contributed by atoms with Crippen molar-refractivity contribution in [1.82, 2.24) is 9.97 Å². The van der Waals surface area contributed by atoms with Crippen LogP contribution in [0.4, 0.5) is 22.0 Å². The largest absolute Gasteiger partial charge is 0.320 e. The smallest absolute Gasteiger partial charge is 0.200 e. The Kier molecular flexibility index (Phi) is 3.43. The van der Waals surface area contributed by atoms with Gasteiger partial charge < -0.3 is 5.73 Å². The fourth-order valence-electron chi connectivity index (χ4n) is 1.53. The lowest BCUT2D eigenvalue weighted by molar-refractivity contribution is 0.367. The van der Waals surface area contributed by atoms with Crippen molar-refractivity contribution < 1.29 is 22.0 Å². The van der Waals surface area contributed by atoms with Crippen LogP contribution in [-0.2, 0) is 0 Å². The zero-order valence-electron chi connectivity index (χ0n) is 9.17. The Morgan fingerprint density at radius 1 is 0.789 bits per heavy atom. The quantitative estimate of drug-likeness (QED) is 0.519. The Morgan fingerprint density at radius 3 is 1.68 bits per heavy atom. The number of aromatic nitrogens is 2. The maximum absolute atomic E-state index is 13.5. The van der Waals surface area contributed by atoms with Crippen molar-refractivity contribution in [3.8, 4) is 0 Å². The number of hydrogen-bond acceptors (Lipinski definition) is 3. The summed E-state index contributed by atoms with van der Waals surface area (Å²) in [6.07, 6.45) is 3.38. The van der Waals surface area contributed by atoms with Crippen LogP contribution in [0.3, 0.4) is 0 Å². The molecule has 0 aliphatic carbocycles. The van der Waals surface area contributed by atoms with Gasteiger partial charge in [-0.2, -0.15) is 0 Å². The lowest BCUT2D eigenvalue weighted by Crippen LogP contribution is -2.19. The van der Waals surface area contributed by atoms with E-state index in [9.17, 15) is 22.0 Å². The molecule has 1 aromatic heterocycles. The van der Waals surface area contributed by atoms with Gasteiger partial charge in [-0.15, -0.1) is 0 Å². The Morgan fingerprint density at radius 2 is 1.21 bits per heavy atom. The minimum atomic E-state index is -2.23. The summed E-state index contributed by atoms with van der Waals surface area (Å²) < 4.78 is 65.9. The molecule has 0 aliphatic rings. The van der Waals surface area contributed by atoms with E-state index in [0.29, 0.717) is 0 Å². The second-order valence-electron chi connectivity index (χ2n) is 3.63. The predicted octanol–water partition coefficient (Wildman–Crippen LogP) is 2.22. The third-order valence-electron chi connectivity index (χ3n) is 2.49. The normalized spacial score (nSPS) is 12.5. The van der Waals surface area contributed by atoms with Crippen molar-refractivity contribution in [1.29, 1.82) is 0 Å². The van der Waals surface area contributed by atoms with Crippen LogP contribution in [0.25, 0.3) is 0 Å². The molecule has 1 unspecified atom stereocenters. The van der Waals surface area contributed by atoms with E-state index >= 15 is 0 Å². The summed E-state index contributed by atoms with van der Waals surface area (Å²) in [5.41, 5.74) is 4.39. The molecule has 0 saturated carbocycles. The highest BCUT2D eigenvalue weighted by Crippen LogP contribution is 2.29. The first-order chi connectivity index (χ1) is 8.95. The van der Waals surface area contributed by atoms with Gasteiger partial charge in [0.05, 0.1) is 11.6 Å². The van der Waals surface area contributed by atoms with Gasteiger partial charge >= 0.3 is 0 Å². The molecular weight excluding hydrogens is 269 g/mol. The summed E-state index contributed by atoms with van der Waals surface area (Å²) in [6.45, 7) is 0. The molecule has 2 rings (SSSR count). The van der Waals surface area contributed by atoms with Crippen molar-refractivity contribution in [2.75, 3.05) is 0 Å². The van der Waals surface area contributed by atoms with Gasteiger partial charge in [0.15, 0.2) is 23.3 Å². The average Bonchev–Trinajstić information content (AvgIpc) is 2.44.